The van der Waals surface area contributed by atoms with Gasteiger partial charge in [0.25, 0.3) is 0 Å². The van der Waals surface area contributed by atoms with Gasteiger partial charge in [0.2, 0.25) is 5.91 Å². The van der Waals surface area contributed by atoms with E-state index in [1.54, 1.807) is 6.92 Å². The number of esters is 1. The summed E-state index contributed by atoms with van der Waals surface area (Å²) in [6.45, 7) is 5.51. The van der Waals surface area contributed by atoms with Crippen molar-refractivity contribution in [2.45, 2.75) is 44.0 Å². The Kier molecular flexibility index (Phi) is 4.55. The molecule has 3 atom stereocenters. The molecule has 0 spiro atoms. The average molecular weight is 296 g/mol. The maximum atomic E-state index is 12.1. The molecule has 0 saturated heterocycles. The van der Waals surface area contributed by atoms with Crippen LogP contribution in [-0.2, 0) is 14.3 Å². The van der Waals surface area contributed by atoms with E-state index in [1.165, 1.54) is 7.11 Å². The minimum atomic E-state index is -1.03. The minimum Gasteiger partial charge on any atom is -0.467 e. The monoisotopic (exact) mass is 295 g/mol. The van der Waals surface area contributed by atoms with Crippen LogP contribution in [0.3, 0.4) is 0 Å². The van der Waals surface area contributed by atoms with Crippen LogP contribution in [0.25, 0.3) is 0 Å². The van der Waals surface area contributed by atoms with E-state index in [2.05, 4.69) is 5.32 Å². The smallest absolute Gasteiger partial charge is 0.328 e. The van der Waals surface area contributed by atoms with Crippen molar-refractivity contribution in [1.82, 2.24) is 5.32 Å². The van der Waals surface area contributed by atoms with Gasteiger partial charge < -0.3 is 10.1 Å². The van der Waals surface area contributed by atoms with Gasteiger partial charge in [0.15, 0.2) is 0 Å². The van der Waals surface area contributed by atoms with Crippen LogP contribution < -0.4 is 5.32 Å². The third kappa shape index (κ3) is 2.75. The predicted octanol–water partition coefficient (Wildman–Crippen LogP) is 2.27. The standard InChI is InChI=1S/C12H19Cl2NO3/c1-5-7(2)8(9(16)18-4)15-10(17)11(3)6-12(11,13)14/h7-8H,5-6H2,1-4H3,(H,15,17)/t7-,8+,11-/m0/s1. The number of ether oxygens (including phenoxy) is 1. The SMILES string of the molecule is CC[C@H](C)[C@@H](NC(=O)[C@]1(C)CC1(Cl)Cl)C(=O)OC. The number of halogens is 2. The molecule has 1 aliphatic rings. The maximum Gasteiger partial charge on any atom is 0.328 e. The first kappa shape index (κ1) is 15.6. The van der Waals surface area contributed by atoms with Crippen molar-refractivity contribution in [3.05, 3.63) is 0 Å². The number of rotatable bonds is 5. The molecule has 6 heteroatoms. The second-order valence-electron chi connectivity index (χ2n) is 5.07. The van der Waals surface area contributed by atoms with Crippen LogP contribution in [0.1, 0.15) is 33.6 Å². The fourth-order valence-corrected chi connectivity index (χ4v) is 2.45. The van der Waals surface area contributed by atoms with Crippen molar-refractivity contribution >= 4 is 35.1 Å². The van der Waals surface area contributed by atoms with Crippen molar-refractivity contribution < 1.29 is 14.3 Å². The van der Waals surface area contributed by atoms with Gasteiger partial charge in [0.05, 0.1) is 12.5 Å². The van der Waals surface area contributed by atoms with E-state index in [9.17, 15) is 9.59 Å². The van der Waals surface area contributed by atoms with E-state index in [4.69, 9.17) is 27.9 Å². The highest BCUT2D eigenvalue weighted by Gasteiger charge is 2.68. The lowest BCUT2D eigenvalue weighted by Crippen LogP contribution is -2.48. The summed E-state index contributed by atoms with van der Waals surface area (Å²) in [5.74, 6) is -0.760. The van der Waals surface area contributed by atoms with Crippen molar-refractivity contribution in [2.75, 3.05) is 7.11 Å². The molecule has 0 radical (unpaired) electrons. The van der Waals surface area contributed by atoms with E-state index >= 15 is 0 Å². The lowest BCUT2D eigenvalue weighted by Gasteiger charge is -2.24. The van der Waals surface area contributed by atoms with Gasteiger partial charge in [0.1, 0.15) is 10.4 Å². The summed E-state index contributed by atoms with van der Waals surface area (Å²) in [5.41, 5.74) is -0.824. The molecule has 0 aliphatic heterocycles. The first-order valence-electron chi connectivity index (χ1n) is 5.96. The molecule has 1 rings (SSSR count). The van der Waals surface area contributed by atoms with Crippen molar-refractivity contribution in [3.63, 3.8) is 0 Å². The zero-order valence-electron chi connectivity index (χ0n) is 11.0. The Bertz CT molecular complexity index is 359. The topological polar surface area (TPSA) is 55.4 Å². The van der Waals surface area contributed by atoms with E-state index in [0.29, 0.717) is 6.42 Å². The molecular formula is C12H19Cl2NO3. The first-order valence-corrected chi connectivity index (χ1v) is 6.72. The van der Waals surface area contributed by atoms with Gasteiger partial charge in [-0.3, -0.25) is 4.79 Å². The van der Waals surface area contributed by atoms with E-state index in [0.717, 1.165) is 6.42 Å². The van der Waals surface area contributed by atoms with Gasteiger partial charge in [-0.2, -0.15) is 0 Å². The number of methoxy groups -OCH3 is 1. The largest absolute Gasteiger partial charge is 0.467 e. The molecule has 1 aliphatic carbocycles. The Morgan fingerprint density at radius 3 is 2.28 bits per heavy atom. The number of nitrogens with one attached hydrogen (secondary N) is 1. The Hall–Kier alpha value is -0.480. The normalized spacial score (nSPS) is 28.1. The first-order chi connectivity index (χ1) is 8.19. The minimum absolute atomic E-state index is 0.0104. The number of carbonyl (C=O) groups excluding carboxylic acids is 2. The molecule has 0 bridgehead atoms. The lowest BCUT2D eigenvalue weighted by atomic mass is 9.98. The summed E-state index contributed by atoms with van der Waals surface area (Å²) in [6.07, 6.45) is 1.15. The number of carbonyl (C=O) groups is 2. The zero-order valence-corrected chi connectivity index (χ0v) is 12.6. The molecule has 1 N–H and O–H groups in total. The molecule has 18 heavy (non-hydrogen) atoms. The summed E-state index contributed by atoms with van der Waals surface area (Å²) >= 11 is 11.9. The average Bonchev–Trinajstić information content (AvgIpc) is 2.84. The highest BCUT2D eigenvalue weighted by molar-refractivity contribution is 6.53. The van der Waals surface area contributed by atoms with Crippen LogP contribution in [0.5, 0.6) is 0 Å². The predicted molar refractivity (Wildman–Crippen MR) is 70.6 cm³/mol. The van der Waals surface area contributed by atoms with E-state index in [-0.39, 0.29) is 11.8 Å². The van der Waals surface area contributed by atoms with Crippen LogP contribution >= 0.6 is 23.2 Å². The van der Waals surface area contributed by atoms with Crippen molar-refractivity contribution in [1.29, 1.82) is 0 Å². The number of alkyl halides is 2. The number of hydrogen-bond acceptors (Lipinski definition) is 3. The summed E-state index contributed by atoms with van der Waals surface area (Å²) in [5, 5.41) is 2.69. The fraction of sp³-hybridized carbons (Fsp3) is 0.833. The van der Waals surface area contributed by atoms with Gasteiger partial charge >= 0.3 is 5.97 Å². The lowest BCUT2D eigenvalue weighted by molar-refractivity contribution is -0.147. The molecule has 104 valence electrons. The molecule has 0 aromatic heterocycles. The highest BCUT2D eigenvalue weighted by Crippen LogP contribution is 2.63. The van der Waals surface area contributed by atoms with Crippen LogP contribution in [0, 0.1) is 11.3 Å². The number of hydrogen-bond donors (Lipinski definition) is 1. The Labute approximate surface area is 117 Å². The molecule has 0 heterocycles. The summed E-state index contributed by atoms with van der Waals surface area (Å²) in [4.78, 5) is 23.8. The van der Waals surface area contributed by atoms with Crippen molar-refractivity contribution in [2.24, 2.45) is 11.3 Å². The Balaban J connectivity index is 2.74. The second-order valence-corrected chi connectivity index (χ2v) is 6.56. The van der Waals surface area contributed by atoms with Crippen LogP contribution in [0.2, 0.25) is 0 Å². The molecule has 1 saturated carbocycles. The number of amides is 1. The second kappa shape index (κ2) is 5.25. The molecule has 0 unspecified atom stereocenters. The van der Waals surface area contributed by atoms with Crippen LogP contribution in [-0.4, -0.2) is 29.4 Å². The maximum absolute atomic E-state index is 12.1. The zero-order chi connectivity index (χ0) is 14.1. The van der Waals surface area contributed by atoms with E-state index < -0.39 is 21.8 Å². The van der Waals surface area contributed by atoms with Gasteiger partial charge in [-0.1, -0.05) is 20.3 Å². The quantitative estimate of drug-likeness (QED) is 0.625. The molecule has 0 aromatic rings. The van der Waals surface area contributed by atoms with Gasteiger partial charge in [-0.25, -0.2) is 4.79 Å². The summed E-state index contributed by atoms with van der Waals surface area (Å²) < 4.78 is 3.67. The molecule has 0 aromatic carbocycles. The third-order valence-corrected chi connectivity index (χ3v) is 4.82. The van der Waals surface area contributed by atoms with Gasteiger partial charge in [-0.05, 0) is 19.3 Å². The Morgan fingerprint density at radius 2 is 1.94 bits per heavy atom. The third-order valence-electron chi connectivity index (χ3n) is 3.71. The Morgan fingerprint density at radius 1 is 1.44 bits per heavy atom. The van der Waals surface area contributed by atoms with Crippen LogP contribution in [0.15, 0.2) is 0 Å². The molecular weight excluding hydrogens is 277 g/mol. The molecule has 1 amide bonds. The van der Waals surface area contributed by atoms with Crippen LogP contribution in [0.4, 0.5) is 0 Å². The molecule has 4 nitrogen and oxygen atoms in total. The van der Waals surface area contributed by atoms with E-state index in [1.807, 2.05) is 13.8 Å². The summed E-state index contributed by atoms with van der Waals surface area (Å²) in [6, 6.07) is -0.658. The van der Waals surface area contributed by atoms with Crippen molar-refractivity contribution in [3.8, 4) is 0 Å². The molecule has 1 fully saturated rings. The van der Waals surface area contributed by atoms with Gasteiger partial charge in [-0.15, -0.1) is 23.2 Å². The summed E-state index contributed by atoms with van der Waals surface area (Å²) in [7, 11) is 1.30. The fourth-order valence-electron chi connectivity index (χ4n) is 1.74. The highest BCUT2D eigenvalue weighted by atomic mass is 35.5. The van der Waals surface area contributed by atoms with Gasteiger partial charge in [0, 0.05) is 0 Å².